The molecule has 1 fully saturated rings. The summed E-state index contributed by atoms with van der Waals surface area (Å²) in [6.07, 6.45) is -3.58. The molecule has 7 heteroatoms. The number of ether oxygens (including phenoxy) is 1. The van der Waals surface area contributed by atoms with E-state index in [1.165, 1.54) is 12.1 Å². The van der Waals surface area contributed by atoms with E-state index >= 15 is 0 Å². The van der Waals surface area contributed by atoms with Gasteiger partial charge in [0.25, 0.3) is 0 Å². The third-order valence-corrected chi connectivity index (χ3v) is 4.09. The zero-order chi connectivity index (χ0) is 18.0. The van der Waals surface area contributed by atoms with Crippen LogP contribution < -0.4 is 10.2 Å². The first-order valence-electron chi connectivity index (χ1n) is 8.18. The Bertz CT molecular complexity index is 776. The normalized spacial score (nSPS) is 16.9. The van der Waals surface area contributed by atoms with Crippen molar-refractivity contribution in [2.24, 2.45) is 0 Å². The Labute approximate surface area is 143 Å². The molecule has 0 aliphatic carbocycles. The lowest BCUT2D eigenvalue weighted by Crippen LogP contribution is -2.43. The average Bonchev–Trinajstić information content (AvgIpc) is 2.97. The third kappa shape index (κ3) is 3.87. The number of hydrazine groups is 1. The number of hydrogen-bond acceptors (Lipinski definition) is 3. The Morgan fingerprint density at radius 2 is 1.96 bits per heavy atom. The molecule has 1 amide bonds. The minimum Gasteiger partial charge on any atom is -0.494 e. The van der Waals surface area contributed by atoms with E-state index in [4.69, 9.17) is 4.74 Å². The van der Waals surface area contributed by atoms with Gasteiger partial charge in [-0.15, -0.1) is 0 Å². The minimum atomic E-state index is -4.50. The van der Waals surface area contributed by atoms with E-state index in [0.29, 0.717) is 17.7 Å². The van der Waals surface area contributed by atoms with Gasteiger partial charge in [0.15, 0.2) is 0 Å². The summed E-state index contributed by atoms with van der Waals surface area (Å²) in [6.45, 7) is 2.56. The molecule has 1 saturated heterocycles. The van der Waals surface area contributed by atoms with Crippen LogP contribution in [0.15, 0.2) is 36.4 Å². The maximum atomic E-state index is 13.6. The largest absolute Gasteiger partial charge is 0.494 e. The molecule has 0 saturated carbocycles. The number of rotatable bonds is 5. The third-order valence-electron chi connectivity index (χ3n) is 4.09. The molecule has 3 rings (SSSR count). The van der Waals surface area contributed by atoms with Crippen molar-refractivity contribution in [2.45, 2.75) is 32.0 Å². The molecule has 2 aromatic carbocycles. The number of carbonyl (C=O) groups is 1. The van der Waals surface area contributed by atoms with Crippen molar-refractivity contribution in [3.8, 4) is 5.75 Å². The summed E-state index contributed by atoms with van der Waals surface area (Å²) < 4.78 is 46.4. The topological polar surface area (TPSA) is 41.6 Å². The standard InChI is InChI=1S/C18H19F3N2O2/c1-2-9-25-15-6-5-12-3-4-13(10-14(12)11-15)17(18(19,20)21)23-8-7-16(24)22-23/h3-6,10-11,17H,2,7-9H2,1H3,(H,22,24)/t17-/m0/s1. The molecule has 0 aromatic heterocycles. The van der Waals surface area contributed by atoms with Gasteiger partial charge in [0.1, 0.15) is 11.8 Å². The SMILES string of the molecule is CCCOc1ccc2ccc([C@H](N3CCC(=O)N3)C(F)(F)F)cc2c1. The first-order valence-corrected chi connectivity index (χ1v) is 8.18. The lowest BCUT2D eigenvalue weighted by molar-refractivity contribution is -0.191. The highest BCUT2D eigenvalue weighted by atomic mass is 19.4. The highest BCUT2D eigenvalue weighted by Gasteiger charge is 2.46. The molecule has 0 spiro atoms. The van der Waals surface area contributed by atoms with Crippen molar-refractivity contribution in [3.63, 3.8) is 0 Å². The molecule has 1 N–H and O–H groups in total. The molecular formula is C18H19F3N2O2. The van der Waals surface area contributed by atoms with Crippen molar-refractivity contribution in [2.75, 3.05) is 13.2 Å². The van der Waals surface area contributed by atoms with Gasteiger partial charge in [0.2, 0.25) is 5.91 Å². The second kappa shape index (κ2) is 6.92. The van der Waals surface area contributed by atoms with E-state index in [-0.39, 0.29) is 18.5 Å². The minimum absolute atomic E-state index is 0.0285. The Balaban J connectivity index is 1.97. The van der Waals surface area contributed by atoms with Gasteiger partial charge in [-0.3, -0.25) is 10.2 Å². The van der Waals surface area contributed by atoms with Crippen LogP contribution in [0.2, 0.25) is 0 Å². The Morgan fingerprint density at radius 1 is 1.20 bits per heavy atom. The number of carbonyl (C=O) groups excluding carboxylic acids is 1. The molecule has 1 aliphatic heterocycles. The number of amides is 1. The average molecular weight is 352 g/mol. The molecule has 25 heavy (non-hydrogen) atoms. The van der Waals surface area contributed by atoms with E-state index in [1.54, 1.807) is 18.2 Å². The molecule has 0 bridgehead atoms. The van der Waals surface area contributed by atoms with Crippen LogP contribution >= 0.6 is 0 Å². The van der Waals surface area contributed by atoms with Gasteiger partial charge in [-0.25, -0.2) is 5.01 Å². The summed E-state index contributed by atoms with van der Waals surface area (Å²) in [5, 5.41) is 2.46. The van der Waals surface area contributed by atoms with Crippen LogP contribution in [0.25, 0.3) is 10.8 Å². The number of halogens is 3. The van der Waals surface area contributed by atoms with Crippen molar-refractivity contribution in [1.82, 2.24) is 10.4 Å². The molecule has 4 nitrogen and oxygen atoms in total. The number of benzene rings is 2. The summed E-state index contributed by atoms with van der Waals surface area (Å²) in [6, 6.07) is 8.12. The van der Waals surface area contributed by atoms with Gasteiger partial charge in [0.05, 0.1) is 6.61 Å². The number of nitrogens with one attached hydrogen (secondary N) is 1. The smallest absolute Gasteiger partial charge is 0.409 e. The fourth-order valence-electron chi connectivity index (χ4n) is 2.96. The second-order valence-corrected chi connectivity index (χ2v) is 6.04. The predicted octanol–water partition coefficient (Wildman–Crippen LogP) is 3.97. The van der Waals surface area contributed by atoms with E-state index < -0.39 is 18.1 Å². The molecule has 2 aromatic rings. The Morgan fingerprint density at radius 3 is 2.60 bits per heavy atom. The highest BCUT2D eigenvalue weighted by molar-refractivity contribution is 5.84. The number of alkyl halides is 3. The fraction of sp³-hybridized carbons (Fsp3) is 0.389. The predicted molar refractivity (Wildman–Crippen MR) is 88.0 cm³/mol. The van der Waals surface area contributed by atoms with E-state index in [1.807, 2.05) is 13.0 Å². The van der Waals surface area contributed by atoms with Gasteiger partial charge in [-0.05, 0) is 41.0 Å². The van der Waals surface area contributed by atoms with Crippen LogP contribution in [0.4, 0.5) is 13.2 Å². The van der Waals surface area contributed by atoms with Crippen LogP contribution in [0, 0.1) is 0 Å². The van der Waals surface area contributed by atoms with Gasteiger partial charge < -0.3 is 4.74 Å². The lowest BCUT2D eigenvalue weighted by Gasteiger charge is -2.29. The zero-order valence-corrected chi connectivity index (χ0v) is 13.8. The molecular weight excluding hydrogens is 333 g/mol. The number of fused-ring (bicyclic) bond motifs is 1. The highest BCUT2D eigenvalue weighted by Crippen LogP contribution is 2.39. The second-order valence-electron chi connectivity index (χ2n) is 6.04. The van der Waals surface area contributed by atoms with E-state index in [0.717, 1.165) is 16.8 Å². The fourth-order valence-corrected chi connectivity index (χ4v) is 2.96. The molecule has 1 atom stereocenters. The quantitative estimate of drug-likeness (QED) is 0.885. The Kier molecular flexibility index (Phi) is 4.85. The van der Waals surface area contributed by atoms with Crippen molar-refractivity contribution in [1.29, 1.82) is 0 Å². The van der Waals surface area contributed by atoms with E-state index in [2.05, 4.69) is 5.43 Å². The summed E-state index contributed by atoms with van der Waals surface area (Å²) in [4.78, 5) is 11.3. The molecule has 0 radical (unpaired) electrons. The van der Waals surface area contributed by atoms with Crippen molar-refractivity contribution < 1.29 is 22.7 Å². The zero-order valence-electron chi connectivity index (χ0n) is 13.8. The molecule has 0 unspecified atom stereocenters. The van der Waals surface area contributed by atoms with Crippen LogP contribution in [-0.4, -0.2) is 30.2 Å². The van der Waals surface area contributed by atoms with E-state index in [9.17, 15) is 18.0 Å². The van der Waals surface area contributed by atoms with Crippen molar-refractivity contribution >= 4 is 16.7 Å². The van der Waals surface area contributed by atoms with Crippen molar-refractivity contribution in [3.05, 3.63) is 42.0 Å². The van der Waals surface area contributed by atoms with Crippen LogP contribution in [0.5, 0.6) is 5.75 Å². The molecule has 1 aliphatic rings. The van der Waals surface area contributed by atoms with Crippen LogP contribution in [0.1, 0.15) is 31.4 Å². The summed E-state index contributed by atoms with van der Waals surface area (Å²) >= 11 is 0. The van der Waals surface area contributed by atoms with Gasteiger partial charge in [-0.1, -0.05) is 25.1 Å². The van der Waals surface area contributed by atoms with Gasteiger partial charge in [0, 0.05) is 13.0 Å². The molecule has 1 heterocycles. The number of hydrogen-bond donors (Lipinski definition) is 1. The lowest BCUT2D eigenvalue weighted by atomic mass is 10.0. The van der Waals surface area contributed by atoms with Crippen LogP contribution in [-0.2, 0) is 4.79 Å². The first kappa shape index (κ1) is 17.5. The summed E-state index contributed by atoms with van der Waals surface area (Å²) in [5.41, 5.74) is 2.39. The molecule has 134 valence electrons. The monoisotopic (exact) mass is 352 g/mol. The van der Waals surface area contributed by atoms with Gasteiger partial charge >= 0.3 is 6.18 Å². The Hall–Kier alpha value is -2.28. The summed E-state index contributed by atoms with van der Waals surface area (Å²) in [7, 11) is 0. The maximum absolute atomic E-state index is 13.6. The van der Waals surface area contributed by atoms with Crippen LogP contribution in [0.3, 0.4) is 0 Å². The van der Waals surface area contributed by atoms with Gasteiger partial charge in [-0.2, -0.15) is 13.2 Å². The summed E-state index contributed by atoms with van der Waals surface area (Å²) in [5.74, 6) is 0.231. The maximum Gasteiger partial charge on any atom is 0.409 e. The number of nitrogens with zero attached hydrogens (tertiary/aromatic N) is 1. The first-order chi connectivity index (χ1) is 11.9.